The standard InChI is InChI=1S/C20H21BrN6O3/c1-25-10-7-13(8-11-25)26(2)19-18(27(28)29)20(24-12-23-19)30-16-6-5-15(21)14-4-3-9-22-17(14)16/h3-6,9,12-13H,7-8,10-11H2,1-2H3. The van der Waals surface area contributed by atoms with Gasteiger partial charge in [0, 0.05) is 29.1 Å². The SMILES string of the molecule is CN1CCC(N(C)c2ncnc(Oc3ccc(Br)c4cccnc34)c2[N+](=O)[O-])CC1. The van der Waals surface area contributed by atoms with Crippen molar-refractivity contribution >= 4 is 38.3 Å². The molecular weight excluding hydrogens is 452 g/mol. The van der Waals surface area contributed by atoms with E-state index >= 15 is 0 Å². The molecule has 3 heterocycles. The fourth-order valence-corrected chi connectivity index (χ4v) is 4.15. The Balaban J connectivity index is 1.72. The summed E-state index contributed by atoms with van der Waals surface area (Å²) >= 11 is 3.49. The molecule has 1 saturated heterocycles. The first kappa shape index (κ1) is 20.4. The second-order valence-electron chi connectivity index (χ2n) is 7.30. The number of piperidine rings is 1. The van der Waals surface area contributed by atoms with Gasteiger partial charge in [-0.05, 0) is 51.2 Å². The third-order valence-corrected chi connectivity index (χ3v) is 6.10. The number of anilines is 1. The average molecular weight is 473 g/mol. The first-order chi connectivity index (χ1) is 14.5. The lowest BCUT2D eigenvalue weighted by Crippen LogP contribution is -2.42. The van der Waals surface area contributed by atoms with Crippen LogP contribution in [0.1, 0.15) is 12.8 Å². The highest BCUT2D eigenvalue weighted by molar-refractivity contribution is 9.10. The van der Waals surface area contributed by atoms with Crippen LogP contribution >= 0.6 is 15.9 Å². The van der Waals surface area contributed by atoms with E-state index in [1.807, 2.05) is 30.1 Å². The Bertz CT molecular complexity index is 1090. The van der Waals surface area contributed by atoms with Crippen LogP contribution in [-0.4, -0.2) is 58.0 Å². The lowest BCUT2D eigenvalue weighted by Gasteiger charge is -2.35. The number of ether oxygens (including phenoxy) is 1. The number of rotatable bonds is 5. The number of hydrogen-bond acceptors (Lipinski definition) is 8. The van der Waals surface area contributed by atoms with Gasteiger partial charge >= 0.3 is 11.6 Å². The van der Waals surface area contributed by atoms with E-state index in [2.05, 4.69) is 42.8 Å². The molecular formula is C20H21BrN6O3. The van der Waals surface area contributed by atoms with Crippen molar-refractivity contribution in [1.29, 1.82) is 0 Å². The molecule has 30 heavy (non-hydrogen) atoms. The van der Waals surface area contributed by atoms with E-state index in [0.717, 1.165) is 35.8 Å². The molecule has 0 radical (unpaired) electrons. The molecule has 3 aromatic rings. The Kier molecular flexibility index (Phi) is 5.78. The normalized spacial score (nSPS) is 15.3. The number of halogens is 1. The maximum Gasteiger partial charge on any atom is 0.373 e. The topological polar surface area (TPSA) is 97.5 Å². The molecule has 4 rings (SSSR count). The zero-order chi connectivity index (χ0) is 21.3. The number of fused-ring (bicyclic) bond motifs is 1. The van der Waals surface area contributed by atoms with Crippen LogP contribution in [0.2, 0.25) is 0 Å². The second kappa shape index (κ2) is 8.49. The Morgan fingerprint density at radius 1 is 1.23 bits per heavy atom. The Labute approximate surface area is 182 Å². The molecule has 2 aromatic heterocycles. The minimum absolute atomic E-state index is 0.0981. The predicted molar refractivity (Wildman–Crippen MR) is 117 cm³/mol. The van der Waals surface area contributed by atoms with Crippen molar-refractivity contribution in [2.75, 3.05) is 32.1 Å². The van der Waals surface area contributed by atoms with Crippen LogP contribution in [0.5, 0.6) is 11.6 Å². The average Bonchev–Trinajstić information content (AvgIpc) is 2.75. The molecule has 1 aliphatic rings. The Morgan fingerprint density at radius 3 is 2.73 bits per heavy atom. The summed E-state index contributed by atoms with van der Waals surface area (Å²) in [4.78, 5) is 28.3. The van der Waals surface area contributed by atoms with Gasteiger partial charge in [0.25, 0.3) is 0 Å². The highest BCUT2D eigenvalue weighted by Gasteiger charge is 2.31. The number of benzene rings is 1. The quantitative estimate of drug-likeness (QED) is 0.405. The summed E-state index contributed by atoms with van der Waals surface area (Å²) in [6.07, 6.45) is 4.77. The first-order valence-electron chi connectivity index (χ1n) is 9.57. The van der Waals surface area contributed by atoms with Gasteiger partial charge in [-0.3, -0.25) is 15.1 Å². The van der Waals surface area contributed by atoms with E-state index in [9.17, 15) is 10.1 Å². The van der Waals surface area contributed by atoms with Crippen molar-refractivity contribution in [3.05, 3.63) is 51.4 Å². The zero-order valence-corrected chi connectivity index (χ0v) is 18.2. The number of likely N-dealkylation sites (tertiary alicyclic amines) is 1. The molecule has 156 valence electrons. The van der Waals surface area contributed by atoms with E-state index in [1.165, 1.54) is 6.33 Å². The van der Waals surface area contributed by atoms with Crippen molar-refractivity contribution in [2.45, 2.75) is 18.9 Å². The van der Waals surface area contributed by atoms with Gasteiger partial charge in [-0.15, -0.1) is 0 Å². The van der Waals surface area contributed by atoms with E-state index in [0.29, 0.717) is 11.3 Å². The van der Waals surface area contributed by atoms with Crippen LogP contribution in [0, 0.1) is 10.1 Å². The molecule has 0 unspecified atom stereocenters. The number of pyridine rings is 1. The van der Waals surface area contributed by atoms with Gasteiger partial charge in [0.15, 0.2) is 5.75 Å². The van der Waals surface area contributed by atoms with Gasteiger partial charge < -0.3 is 14.5 Å². The van der Waals surface area contributed by atoms with E-state index in [1.54, 1.807) is 12.3 Å². The smallest absolute Gasteiger partial charge is 0.373 e. The van der Waals surface area contributed by atoms with Crippen molar-refractivity contribution in [3.63, 3.8) is 0 Å². The minimum Gasteiger partial charge on any atom is -0.431 e. The summed E-state index contributed by atoms with van der Waals surface area (Å²) in [5, 5.41) is 12.8. The molecule has 0 amide bonds. The summed E-state index contributed by atoms with van der Waals surface area (Å²) in [5.74, 6) is 0.552. The maximum atomic E-state index is 12.0. The number of nitrogens with zero attached hydrogens (tertiary/aromatic N) is 6. The molecule has 1 aliphatic heterocycles. The fraction of sp³-hybridized carbons (Fsp3) is 0.350. The lowest BCUT2D eigenvalue weighted by molar-refractivity contribution is -0.385. The van der Waals surface area contributed by atoms with Gasteiger partial charge in [0.2, 0.25) is 5.82 Å². The molecule has 0 bridgehead atoms. The molecule has 0 N–H and O–H groups in total. The molecule has 1 fully saturated rings. The largest absolute Gasteiger partial charge is 0.431 e. The van der Waals surface area contributed by atoms with Crippen LogP contribution in [0.25, 0.3) is 10.9 Å². The fourth-order valence-electron chi connectivity index (χ4n) is 3.70. The highest BCUT2D eigenvalue weighted by atomic mass is 79.9. The van der Waals surface area contributed by atoms with Crippen molar-refractivity contribution in [3.8, 4) is 11.6 Å². The van der Waals surface area contributed by atoms with Crippen LogP contribution in [0.4, 0.5) is 11.5 Å². The van der Waals surface area contributed by atoms with Crippen molar-refractivity contribution in [2.24, 2.45) is 0 Å². The second-order valence-corrected chi connectivity index (χ2v) is 8.15. The van der Waals surface area contributed by atoms with Gasteiger partial charge in [-0.25, -0.2) is 4.98 Å². The molecule has 0 atom stereocenters. The summed E-state index contributed by atoms with van der Waals surface area (Å²) < 4.78 is 6.78. The molecule has 1 aromatic carbocycles. The maximum absolute atomic E-state index is 12.0. The summed E-state index contributed by atoms with van der Waals surface area (Å²) in [7, 11) is 3.91. The summed E-state index contributed by atoms with van der Waals surface area (Å²) in [6.45, 7) is 1.88. The molecule has 0 spiro atoms. The molecule has 0 saturated carbocycles. The van der Waals surface area contributed by atoms with Gasteiger partial charge in [0.1, 0.15) is 11.8 Å². The zero-order valence-electron chi connectivity index (χ0n) is 16.7. The van der Waals surface area contributed by atoms with Crippen LogP contribution < -0.4 is 9.64 Å². The molecule has 0 aliphatic carbocycles. The Hall–Kier alpha value is -2.85. The minimum atomic E-state index is -0.482. The first-order valence-corrected chi connectivity index (χ1v) is 10.4. The highest BCUT2D eigenvalue weighted by Crippen LogP contribution is 2.39. The number of hydrogen-bond donors (Lipinski definition) is 0. The predicted octanol–water partition coefficient (Wildman–Crippen LogP) is 4.02. The van der Waals surface area contributed by atoms with E-state index in [-0.39, 0.29) is 23.4 Å². The summed E-state index contributed by atoms with van der Waals surface area (Å²) in [5.41, 5.74) is 0.343. The summed E-state index contributed by atoms with van der Waals surface area (Å²) in [6, 6.07) is 7.41. The van der Waals surface area contributed by atoms with Crippen LogP contribution in [-0.2, 0) is 0 Å². The molecule has 10 heteroatoms. The van der Waals surface area contributed by atoms with Crippen molar-refractivity contribution < 1.29 is 9.66 Å². The van der Waals surface area contributed by atoms with E-state index < -0.39 is 4.92 Å². The third kappa shape index (κ3) is 3.92. The number of nitro groups is 1. The lowest BCUT2D eigenvalue weighted by atomic mass is 10.0. The van der Waals surface area contributed by atoms with Gasteiger partial charge in [-0.2, -0.15) is 4.98 Å². The third-order valence-electron chi connectivity index (χ3n) is 5.41. The van der Waals surface area contributed by atoms with Gasteiger partial charge in [-0.1, -0.05) is 22.0 Å². The number of aromatic nitrogens is 3. The molecule has 9 nitrogen and oxygen atoms in total. The Morgan fingerprint density at radius 2 is 2.00 bits per heavy atom. The van der Waals surface area contributed by atoms with Crippen LogP contribution in [0.3, 0.4) is 0 Å². The van der Waals surface area contributed by atoms with E-state index in [4.69, 9.17) is 4.74 Å². The van der Waals surface area contributed by atoms with Crippen molar-refractivity contribution in [1.82, 2.24) is 19.9 Å². The van der Waals surface area contributed by atoms with Gasteiger partial charge in [0.05, 0.1) is 4.92 Å². The van der Waals surface area contributed by atoms with Crippen LogP contribution in [0.15, 0.2) is 41.3 Å². The monoisotopic (exact) mass is 472 g/mol.